The normalized spacial score (nSPS) is 48.7. The van der Waals surface area contributed by atoms with Crippen LogP contribution in [0.15, 0.2) is 23.8 Å². The second kappa shape index (κ2) is 8.24. The van der Waals surface area contributed by atoms with Gasteiger partial charge in [-0.1, -0.05) is 66.2 Å². The largest absolute Gasteiger partial charge is 0.393 e. The molecule has 3 fully saturated rings. The number of carbonyl (C=O) groups excluding carboxylic acids is 1. The summed E-state index contributed by atoms with van der Waals surface area (Å²) in [4.78, 5) is 13.2. The Morgan fingerprint density at radius 1 is 1.06 bits per heavy atom. The Kier molecular flexibility index (Phi) is 6.37. The van der Waals surface area contributed by atoms with E-state index in [-0.39, 0.29) is 34.4 Å². The Bertz CT molecular complexity index is 931. The van der Waals surface area contributed by atoms with Crippen molar-refractivity contribution in [1.82, 2.24) is 0 Å². The van der Waals surface area contributed by atoms with Crippen LogP contribution in [-0.2, 0) is 4.79 Å². The van der Waals surface area contributed by atoms with Crippen molar-refractivity contribution >= 4 is 5.78 Å². The molecule has 198 valence electrons. The molecule has 4 aliphatic carbocycles. The molecule has 5 heteroatoms. The number of hydrogen-bond donors (Lipinski definition) is 4. The molecule has 35 heavy (non-hydrogen) atoms. The maximum atomic E-state index is 13.2. The van der Waals surface area contributed by atoms with Gasteiger partial charge < -0.3 is 20.4 Å². The lowest BCUT2D eigenvalue weighted by molar-refractivity contribution is -0.180. The lowest BCUT2D eigenvalue weighted by atomic mass is 9.38. The van der Waals surface area contributed by atoms with Gasteiger partial charge in [0.05, 0.1) is 18.3 Å². The molecule has 0 aromatic rings. The molecule has 0 aromatic heterocycles. The Morgan fingerprint density at radius 2 is 1.69 bits per heavy atom. The monoisotopic (exact) mass is 488 g/mol. The zero-order valence-corrected chi connectivity index (χ0v) is 23.0. The third-order valence-electron chi connectivity index (χ3n) is 11.6. The molecule has 4 rings (SSSR count). The molecule has 0 amide bonds. The van der Waals surface area contributed by atoms with Crippen LogP contribution in [0, 0.1) is 45.3 Å². The molecule has 4 N–H and O–H groups in total. The molecule has 0 heterocycles. The number of aliphatic hydroxyl groups is 4. The second-order valence-electron chi connectivity index (χ2n) is 14.2. The van der Waals surface area contributed by atoms with Gasteiger partial charge in [0, 0.05) is 11.3 Å². The molecule has 10 atom stereocenters. The van der Waals surface area contributed by atoms with Crippen molar-refractivity contribution in [1.29, 1.82) is 0 Å². The van der Waals surface area contributed by atoms with E-state index in [1.165, 1.54) is 11.6 Å². The molecular formula is C30H48O5. The van der Waals surface area contributed by atoms with Crippen molar-refractivity contribution in [2.75, 3.05) is 0 Å². The molecule has 0 aromatic carbocycles. The van der Waals surface area contributed by atoms with Gasteiger partial charge in [-0.25, -0.2) is 0 Å². The Balaban J connectivity index is 1.75. The summed E-state index contributed by atoms with van der Waals surface area (Å²) in [5, 5.41) is 44.7. The second-order valence-corrected chi connectivity index (χ2v) is 14.2. The van der Waals surface area contributed by atoms with Crippen LogP contribution in [0.25, 0.3) is 0 Å². The zero-order chi connectivity index (χ0) is 26.4. The van der Waals surface area contributed by atoms with Crippen LogP contribution < -0.4 is 0 Å². The Labute approximate surface area is 211 Å². The fraction of sp³-hybridized carbons (Fsp3) is 0.833. The number of aliphatic hydroxyl groups excluding tert-OH is 3. The predicted octanol–water partition coefficient (Wildman–Crippen LogP) is 4.43. The fourth-order valence-electron chi connectivity index (χ4n) is 9.39. The summed E-state index contributed by atoms with van der Waals surface area (Å²) in [7, 11) is 0. The maximum absolute atomic E-state index is 13.2. The van der Waals surface area contributed by atoms with Crippen LogP contribution >= 0.6 is 0 Å². The van der Waals surface area contributed by atoms with Crippen molar-refractivity contribution in [3.8, 4) is 0 Å². The zero-order valence-electron chi connectivity index (χ0n) is 23.0. The van der Waals surface area contributed by atoms with Gasteiger partial charge in [-0.3, -0.25) is 4.79 Å². The molecule has 0 bridgehead atoms. The van der Waals surface area contributed by atoms with Gasteiger partial charge in [0.15, 0.2) is 5.78 Å². The molecule has 0 aliphatic heterocycles. The van der Waals surface area contributed by atoms with Crippen molar-refractivity contribution in [2.24, 2.45) is 45.3 Å². The first-order valence-electron chi connectivity index (χ1n) is 13.6. The highest BCUT2D eigenvalue weighted by Crippen LogP contribution is 2.75. The summed E-state index contributed by atoms with van der Waals surface area (Å²) in [6.45, 7) is 16.5. The van der Waals surface area contributed by atoms with Crippen LogP contribution in [-0.4, -0.2) is 50.1 Å². The minimum Gasteiger partial charge on any atom is -0.393 e. The first-order valence-corrected chi connectivity index (χ1v) is 13.6. The number of ketones is 1. The number of rotatable bonds is 4. The van der Waals surface area contributed by atoms with E-state index < -0.39 is 40.7 Å². The predicted molar refractivity (Wildman–Crippen MR) is 137 cm³/mol. The van der Waals surface area contributed by atoms with Gasteiger partial charge in [-0.05, 0) is 79.1 Å². The molecule has 0 saturated heterocycles. The highest BCUT2D eigenvalue weighted by atomic mass is 16.3. The third-order valence-corrected chi connectivity index (χ3v) is 11.6. The molecular weight excluding hydrogens is 440 g/mol. The van der Waals surface area contributed by atoms with Crippen LogP contribution in [0.4, 0.5) is 0 Å². The Morgan fingerprint density at radius 3 is 2.29 bits per heavy atom. The summed E-state index contributed by atoms with van der Waals surface area (Å²) in [6.07, 6.45) is 6.99. The van der Waals surface area contributed by atoms with E-state index >= 15 is 0 Å². The smallest absolute Gasteiger partial charge is 0.186 e. The van der Waals surface area contributed by atoms with Crippen LogP contribution in [0.5, 0.6) is 0 Å². The summed E-state index contributed by atoms with van der Waals surface area (Å²) in [5.74, 6) is -0.252. The van der Waals surface area contributed by atoms with Gasteiger partial charge in [0.2, 0.25) is 0 Å². The summed E-state index contributed by atoms with van der Waals surface area (Å²) < 4.78 is 0. The summed E-state index contributed by atoms with van der Waals surface area (Å²) in [5.41, 5.74) is -1.63. The summed E-state index contributed by atoms with van der Waals surface area (Å²) in [6, 6.07) is 0. The van der Waals surface area contributed by atoms with Crippen LogP contribution in [0.3, 0.4) is 0 Å². The molecule has 4 unspecified atom stereocenters. The Hall–Kier alpha value is -1.01. The van der Waals surface area contributed by atoms with E-state index in [0.717, 1.165) is 19.3 Å². The quantitative estimate of drug-likeness (QED) is 0.347. The van der Waals surface area contributed by atoms with E-state index in [2.05, 4.69) is 26.8 Å². The van der Waals surface area contributed by atoms with Crippen molar-refractivity contribution < 1.29 is 25.2 Å². The lowest BCUT2D eigenvalue weighted by Gasteiger charge is -2.66. The van der Waals surface area contributed by atoms with Gasteiger partial charge >= 0.3 is 0 Å². The number of carbonyl (C=O) groups is 1. The van der Waals surface area contributed by atoms with E-state index in [9.17, 15) is 25.2 Å². The molecule has 0 radical (unpaired) electrons. The lowest BCUT2D eigenvalue weighted by Crippen LogP contribution is -2.62. The topological polar surface area (TPSA) is 98.0 Å². The highest BCUT2D eigenvalue weighted by molar-refractivity contribution is 5.97. The van der Waals surface area contributed by atoms with Crippen molar-refractivity contribution in [2.45, 2.75) is 111 Å². The maximum Gasteiger partial charge on any atom is 0.186 e. The molecule has 0 spiro atoms. The van der Waals surface area contributed by atoms with Gasteiger partial charge in [0.1, 0.15) is 5.60 Å². The SMILES string of the molecule is CC(C)/C=C/C(=O)C(C)(O)C1[C@H](O)C[C@@]2(C)C3CC=C4C(C[C@H](O)[C@H](O)C4(C)C)[C@]3(C)CC[C@]12C. The van der Waals surface area contributed by atoms with Crippen LogP contribution in [0.2, 0.25) is 0 Å². The van der Waals surface area contributed by atoms with Crippen molar-refractivity contribution in [3.63, 3.8) is 0 Å². The first kappa shape index (κ1) is 27.0. The standard InChI is InChI=1S/C30H48O5/c1-17(2)9-12-23(33)30(8,35)24-21(32)16-29(7)22-11-10-18-19(15-20(31)25(34)26(18,3)4)27(22,5)13-14-28(24,29)6/h9-10,12,17,19-22,24-25,31-32,34-35H,11,13-16H2,1-8H3/b12-9+/t19?,20-,21+,22?,24?,25-,27-,28+,29-,30?/m0/s1. The average molecular weight is 489 g/mol. The third kappa shape index (κ3) is 3.59. The van der Waals surface area contributed by atoms with E-state index in [1.807, 2.05) is 33.8 Å². The number of fused-ring (bicyclic) bond motifs is 5. The minimum atomic E-state index is -1.64. The van der Waals surface area contributed by atoms with E-state index in [1.54, 1.807) is 6.92 Å². The number of hydrogen-bond acceptors (Lipinski definition) is 5. The van der Waals surface area contributed by atoms with Gasteiger partial charge in [-0.2, -0.15) is 0 Å². The van der Waals surface area contributed by atoms with E-state index in [4.69, 9.17) is 0 Å². The molecule has 5 nitrogen and oxygen atoms in total. The minimum absolute atomic E-state index is 0.0846. The fourth-order valence-corrected chi connectivity index (χ4v) is 9.39. The van der Waals surface area contributed by atoms with Crippen LogP contribution in [0.1, 0.15) is 87.5 Å². The molecule has 4 aliphatic rings. The first-order chi connectivity index (χ1) is 15.9. The highest BCUT2D eigenvalue weighted by Gasteiger charge is 2.72. The van der Waals surface area contributed by atoms with Gasteiger partial charge in [-0.15, -0.1) is 0 Å². The van der Waals surface area contributed by atoms with Crippen molar-refractivity contribution in [3.05, 3.63) is 23.8 Å². The molecule has 3 saturated carbocycles. The average Bonchev–Trinajstić information content (AvgIpc) is 2.96. The summed E-state index contributed by atoms with van der Waals surface area (Å²) >= 11 is 0. The van der Waals surface area contributed by atoms with E-state index in [0.29, 0.717) is 12.8 Å². The number of allylic oxidation sites excluding steroid dienone is 2. The van der Waals surface area contributed by atoms with Gasteiger partial charge in [0.25, 0.3) is 0 Å².